The molecule has 2 atom stereocenters. The van der Waals surface area contributed by atoms with Gasteiger partial charge in [0.15, 0.2) is 0 Å². The van der Waals surface area contributed by atoms with E-state index in [1.165, 1.54) is 0 Å². The average molecular weight is 309 g/mol. The van der Waals surface area contributed by atoms with Crippen LogP contribution in [-0.4, -0.2) is 60.2 Å². The topological polar surface area (TPSA) is 73.5 Å². The average Bonchev–Trinajstić information content (AvgIpc) is 2.99. The molecule has 0 radical (unpaired) electrons. The number of carbonyl (C=O) groups is 2. The van der Waals surface area contributed by atoms with Gasteiger partial charge in [-0.3, -0.25) is 10.1 Å². The van der Waals surface area contributed by atoms with E-state index in [1.54, 1.807) is 16.7 Å². The van der Waals surface area contributed by atoms with Crippen molar-refractivity contribution < 1.29 is 9.59 Å². The summed E-state index contributed by atoms with van der Waals surface area (Å²) in [4.78, 5) is 25.3. The second kappa shape index (κ2) is 7.81. The van der Waals surface area contributed by atoms with Crippen LogP contribution < -0.4 is 16.0 Å². The highest BCUT2D eigenvalue weighted by molar-refractivity contribution is 7.99. The Hall–Kier alpha value is -0.660. The first-order valence-corrected chi connectivity index (χ1v) is 7.50. The number of nitrogens with one attached hydrogen (secondary N) is 3. The highest BCUT2D eigenvalue weighted by Gasteiger charge is 2.30. The van der Waals surface area contributed by atoms with Crippen molar-refractivity contribution >= 4 is 36.1 Å². The number of hydrogen-bond donors (Lipinski definition) is 3. The van der Waals surface area contributed by atoms with Gasteiger partial charge in [-0.1, -0.05) is 0 Å². The van der Waals surface area contributed by atoms with Gasteiger partial charge in [0.1, 0.15) is 0 Å². The van der Waals surface area contributed by atoms with Crippen LogP contribution in [0.1, 0.15) is 13.3 Å². The van der Waals surface area contributed by atoms with E-state index in [1.807, 2.05) is 6.92 Å². The lowest BCUT2D eigenvalue weighted by atomic mass is 10.2. The van der Waals surface area contributed by atoms with Crippen LogP contribution in [0.5, 0.6) is 0 Å². The standard InChI is InChI=1S/C11H20N4O2S.ClH/c1-2-12-11(17)15-4-3-8(5-15)14-10(16)9-6-18-7-13-9;/h8-9,13H,2-7H2,1H3,(H,12,17)(H,14,16);1H. The van der Waals surface area contributed by atoms with Crippen LogP contribution >= 0.6 is 24.2 Å². The van der Waals surface area contributed by atoms with Crippen molar-refractivity contribution in [3.8, 4) is 0 Å². The lowest BCUT2D eigenvalue weighted by molar-refractivity contribution is -0.123. The molecular weight excluding hydrogens is 288 g/mol. The fraction of sp³-hybridized carbons (Fsp3) is 0.818. The molecule has 0 saturated carbocycles. The molecule has 0 spiro atoms. The van der Waals surface area contributed by atoms with E-state index in [2.05, 4.69) is 16.0 Å². The van der Waals surface area contributed by atoms with E-state index in [0.29, 0.717) is 19.6 Å². The van der Waals surface area contributed by atoms with Gasteiger partial charge in [0, 0.05) is 37.3 Å². The summed E-state index contributed by atoms with van der Waals surface area (Å²) in [5.74, 6) is 1.73. The molecule has 3 amide bonds. The van der Waals surface area contributed by atoms with Gasteiger partial charge in [-0.05, 0) is 13.3 Å². The van der Waals surface area contributed by atoms with Gasteiger partial charge in [0.25, 0.3) is 0 Å². The third-order valence-corrected chi connectivity index (χ3v) is 4.12. The third kappa shape index (κ3) is 4.43. The minimum atomic E-state index is -0.0754. The summed E-state index contributed by atoms with van der Waals surface area (Å²) in [6, 6.07) is -0.0233. The molecule has 2 unspecified atom stereocenters. The summed E-state index contributed by atoms with van der Waals surface area (Å²) in [6.07, 6.45) is 0.836. The first-order chi connectivity index (χ1) is 8.70. The molecule has 2 aliphatic heterocycles. The fourth-order valence-electron chi connectivity index (χ4n) is 2.19. The van der Waals surface area contributed by atoms with Gasteiger partial charge < -0.3 is 15.5 Å². The van der Waals surface area contributed by atoms with Crippen LogP contribution in [0, 0.1) is 0 Å². The Kier molecular flexibility index (Phi) is 6.74. The van der Waals surface area contributed by atoms with Crippen molar-refractivity contribution in [2.75, 3.05) is 31.3 Å². The zero-order valence-corrected chi connectivity index (χ0v) is 12.6. The largest absolute Gasteiger partial charge is 0.350 e. The predicted molar refractivity (Wildman–Crippen MR) is 78.7 cm³/mol. The maximum Gasteiger partial charge on any atom is 0.317 e. The SMILES string of the molecule is CCNC(=O)N1CCC(NC(=O)C2CSCN2)C1.Cl. The Morgan fingerprint density at radius 3 is 2.89 bits per heavy atom. The maximum absolute atomic E-state index is 11.9. The molecule has 0 bridgehead atoms. The molecule has 110 valence electrons. The van der Waals surface area contributed by atoms with E-state index in [0.717, 1.165) is 18.1 Å². The maximum atomic E-state index is 11.9. The van der Waals surface area contributed by atoms with Crippen molar-refractivity contribution in [2.45, 2.75) is 25.4 Å². The molecule has 2 heterocycles. The molecular formula is C11H21ClN4O2S. The number of amides is 3. The fourth-order valence-corrected chi connectivity index (χ4v) is 3.13. The second-order valence-electron chi connectivity index (χ2n) is 4.55. The molecule has 2 fully saturated rings. The third-order valence-electron chi connectivity index (χ3n) is 3.18. The lowest BCUT2D eigenvalue weighted by Gasteiger charge is -2.18. The summed E-state index contributed by atoms with van der Waals surface area (Å²) in [7, 11) is 0. The Balaban J connectivity index is 0.00000180. The van der Waals surface area contributed by atoms with E-state index in [-0.39, 0.29) is 36.4 Å². The quantitative estimate of drug-likeness (QED) is 0.686. The van der Waals surface area contributed by atoms with Gasteiger partial charge in [-0.25, -0.2) is 4.79 Å². The van der Waals surface area contributed by atoms with Gasteiger partial charge in [0.2, 0.25) is 5.91 Å². The van der Waals surface area contributed by atoms with Gasteiger partial charge in [0.05, 0.1) is 6.04 Å². The molecule has 6 nitrogen and oxygen atoms in total. The van der Waals surface area contributed by atoms with Crippen molar-refractivity contribution in [3.63, 3.8) is 0 Å². The zero-order chi connectivity index (χ0) is 13.0. The highest BCUT2D eigenvalue weighted by Crippen LogP contribution is 2.12. The summed E-state index contributed by atoms with van der Waals surface area (Å²) in [5.41, 5.74) is 0. The van der Waals surface area contributed by atoms with Crippen LogP contribution in [-0.2, 0) is 4.79 Å². The minimum absolute atomic E-state index is 0. The van der Waals surface area contributed by atoms with Crippen LogP contribution in [0.15, 0.2) is 0 Å². The molecule has 0 aromatic rings. The van der Waals surface area contributed by atoms with Crippen LogP contribution in [0.3, 0.4) is 0 Å². The molecule has 2 saturated heterocycles. The van der Waals surface area contributed by atoms with Gasteiger partial charge in [-0.15, -0.1) is 24.2 Å². The Morgan fingerprint density at radius 1 is 1.47 bits per heavy atom. The zero-order valence-electron chi connectivity index (χ0n) is 11.0. The molecule has 0 aromatic carbocycles. The normalized spacial score (nSPS) is 25.8. The van der Waals surface area contributed by atoms with Crippen molar-refractivity contribution in [1.29, 1.82) is 0 Å². The minimum Gasteiger partial charge on any atom is -0.350 e. The van der Waals surface area contributed by atoms with E-state index < -0.39 is 0 Å². The highest BCUT2D eigenvalue weighted by atomic mass is 35.5. The number of urea groups is 1. The summed E-state index contributed by atoms with van der Waals surface area (Å²) in [6.45, 7) is 3.85. The smallest absolute Gasteiger partial charge is 0.317 e. The molecule has 2 aliphatic rings. The Bertz CT molecular complexity index is 326. The summed E-state index contributed by atoms with van der Waals surface area (Å²) < 4.78 is 0. The first kappa shape index (κ1) is 16.4. The van der Waals surface area contributed by atoms with Crippen LogP contribution in [0.25, 0.3) is 0 Å². The number of carbonyl (C=O) groups excluding carboxylic acids is 2. The molecule has 3 N–H and O–H groups in total. The number of nitrogens with zero attached hydrogens (tertiary/aromatic N) is 1. The van der Waals surface area contributed by atoms with Crippen LogP contribution in [0.4, 0.5) is 4.79 Å². The number of likely N-dealkylation sites (tertiary alicyclic amines) is 1. The van der Waals surface area contributed by atoms with E-state index in [4.69, 9.17) is 0 Å². The summed E-state index contributed by atoms with van der Waals surface area (Å²) in [5, 5.41) is 8.93. The Labute approximate surface area is 123 Å². The number of rotatable bonds is 3. The van der Waals surface area contributed by atoms with Crippen molar-refractivity contribution in [3.05, 3.63) is 0 Å². The van der Waals surface area contributed by atoms with E-state index in [9.17, 15) is 9.59 Å². The number of thioether (sulfide) groups is 1. The molecule has 2 rings (SSSR count). The van der Waals surface area contributed by atoms with Crippen molar-refractivity contribution in [2.24, 2.45) is 0 Å². The monoisotopic (exact) mass is 308 g/mol. The van der Waals surface area contributed by atoms with Crippen LogP contribution in [0.2, 0.25) is 0 Å². The number of halogens is 1. The van der Waals surface area contributed by atoms with Gasteiger partial charge in [-0.2, -0.15) is 0 Å². The Morgan fingerprint density at radius 2 is 2.26 bits per heavy atom. The molecule has 0 aromatic heterocycles. The van der Waals surface area contributed by atoms with E-state index >= 15 is 0 Å². The van der Waals surface area contributed by atoms with Gasteiger partial charge >= 0.3 is 6.03 Å². The predicted octanol–water partition coefficient (Wildman–Crippen LogP) is -0.00930. The first-order valence-electron chi connectivity index (χ1n) is 6.35. The second-order valence-corrected chi connectivity index (χ2v) is 5.58. The molecule has 19 heavy (non-hydrogen) atoms. The molecule has 0 aliphatic carbocycles. The van der Waals surface area contributed by atoms with Crippen molar-refractivity contribution in [1.82, 2.24) is 20.9 Å². The lowest BCUT2D eigenvalue weighted by Crippen LogP contribution is -2.48. The summed E-state index contributed by atoms with van der Waals surface area (Å²) >= 11 is 1.73. The number of hydrogen-bond acceptors (Lipinski definition) is 4. The molecule has 8 heteroatoms.